The molecule has 1 atom stereocenters. The van der Waals surface area contributed by atoms with E-state index < -0.39 is 11.6 Å². The molecule has 2 aromatic rings. The van der Waals surface area contributed by atoms with Crippen molar-refractivity contribution < 1.29 is 13.5 Å². The van der Waals surface area contributed by atoms with Gasteiger partial charge in [-0.2, -0.15) is 0 Å². The van der Waals surface area contributed by atoms with Crippen molar-refractivity contribution >= 4 is 0 Å². The predicted molar refractivity (Wildman–Crippen MR) is 79.2 cm³/mol. The lowest BCUT2D eigenvalue weighted by Gasteiger charge is -2.17. The Hall–Kier alpha value is -1.94. The fourth-order valence-electron chi connectivity index (χ4n) is 2.20. The SMILES string of the molecule is CCNC(C)c1ccccc1OCc1cc(F)ccc1F. The van der Waals surface area contributed by atoms with E-state index in [1.807, 2.05) is 38.1 Å². The van der Waals surface area contributed by atoms with E-state index in [1.54, 1.807) is 0 Å². The van der Waals surface area contributed by atoms with E-state index in [0.717, 1.165) is 30.3 Å². The van der Waals surface area contributed by atoms with E-state index in [9.17, 15) is 8.78 Å². The van der Waals surface area contributed by atoms with Crippen molar-refractivity contribution in [1.29, 1.82) is 0 Å². The first kappa shape index (κ1) is 15.4. The third kappa shape index (κ3) is 4.02. The van der Waals surface area contributed by atoms with Gasteiger partial charge in [0.2, 0.25) is 0 Å². The van der Waals surface area contributed by atoms with Crippen LogP contribution in [0.2, 0.25) is 0 Å². The van der Waals surface area contributed by atoms with Crippen molar-refractivity contribution in [3.8, 4) is 5.75 Å². The molecular weight excluding hydrogens is 272 g/mol. The summed E-state index contributed by atoms with van der Waals surface area (Å²) in [5, 5.41) is 3.31. The Balaban J connectivity index is 2.14. The van der Waals surface area contributed by atoms with E-state index in [2.05, 4.69) is 5.32 Å². The van der Waals surface area contributed by atoms with Crippen LogP contribution < -0.4 is 10.1 Å². The molecule has 1 N–H and O–H groups in total. The second-order valence-corrected chi connectivity index (χ2v) is 4.84. The van der Waals surface area contributed by atoms with Crippen molar-refractivity contribution in [3.63, 3.8) is 0 Å². The molecule has 0 spiro atoms. The predicted octanol–water partition coefficient (Wildman–Crippen LogP) is 4.21. The smallest absolute Gasteiger partial charge is 0.130 e. The average molecular weight is 291 g/mol. The van der Waals surface area contributed by atoms with Gasteiger partial charge in [-0.3, -0.25) is 0 Å². The van der Waals surface area contributed by atoms with Crippen LogP contribution in [-0.2, 0) is 6.61 Å². The summed E-state index contributed by atoms with van der Waals surface area (Å²) in [7, 11) is 0. The number of hydrogen-bond donors (Lipinski definition) is 1. The molecule has 0 amide bonds. The van der Waals surface area contributed by atoms with Crippen LogP contribution in [0.25, 0.3) is 0 Å². The lowest BCUT2D eigenvalue weighted by molar-refractivity contribution is 0.293. The first-order valence-electron chi connectivity index (χ1n) is 7.01. The van der Waals surface area contributed by atoms with E-state index in [4.69, 9.17) is 4.74 Å². The maximum atomic E-state index is 13.6. The number of benzene rings is 2. The zero-order valence-corrected chi connectivity index (χ0v) is 12.2. The number of halogens is 2. The minimum absolute atomic E-state index is 0.000544. The van der Waals surface area contributed by atoms with E-state index in [1.165, 1.54) is 0 Å². The van der Waals surface area contributed by atoms with E-state index in [0.29, 0.717) is 5.75 Å². The van der Waals surface area contributed by atoms with Crippen molar-refractivity contribution in [1.82, 2.24) is 5.32 Å². The Kier molecular flexibility index (Phi) is 5.28. The Bertz CT molecular complexity index is 601. The van der Waals surface area contributed by atoms with Gasteiger partial charge in [-0.05, 0) is 37.7 Å². The first-order chi connectivity index (χ1) is 10.1. The second kappa shape index (κ2) is 7.18. The van der Waals surface area contributed by atoms with Crippen LogP contribution in [0.4, 0.5) is 8.78 Å². The lowest BCUT2D eigenvalue weighted by atomic mass is 10.1. The van der Waals surface area contributed by atoms with Gasteiger partial charge in [0.15, 0.2) is 0 Å². The molecule has 2 rings (SSSR count). The van der Waals surface area contributed by atoms with Crippen LogP contribution in [0.1, 0.15) is 31.0 Å². The highest BCUT2D eigenvalue weighted by atomic mass is 19.1. The molecule has 0 bridgehead atoms. The molecule has 21 heavy (non-hydrogen) atoms. The van der Waals surface area contributed by atoms with Gasteiger partial charge in [0.05, 0.1) is 0 Å². The largest absolute Gasteiger partial charge is 0.488 e. The minimum Gasteiger partial charge on any atom is -0.488 e. The van der Waals surface area contributed by atoms with Gasteiger partial charge < -0.3 is 10.1 Å². The minimum atomic E-state index is -0.468. The highest BCUT2D eigenvalue weighted by molar-refractivity contribution is 5.36. The Labute approximate surface area is 123 Å². The van der Waals surface area contributed by atoms with Crippen molar-refractivity contribution in [2.45, 2.75) is 26.5 Å². The lowest BCUT2D eigenvalue weighted by Crippen LogP contribution is -2.18. The van der Waals surface area contributed by atoms with Crippen molar-refractivity contribution in [3.05, 3.63) is 65.2 Å². The molecule has 2 nitrogen and oxygen atoms in total. The quantitative estimate of drug-likeness (QED) is 0.860. The number of nitrogens with one attached hydrogen (secondary N) is 1. The van der Waals surface area contributed by atoms with Crippen LogP contribution in [0, 0.1) is 11.6 Å². The third-order valence-electron chi connectivity index (χ3n) is 3.29. The summed E-state index contributed by atoms with van der Waals surface area (Å²) < 4.78 is 32.4. The summed E-state index contributed by atoms with van der Waals surface area (Å²) in [5.74, 6) is -0.257. The molecule has 0 aliphatic rings. The van der Waals surface area contributed by atoms with Gasteiger partial charge in [-0.15, -0.1) is 0 Å². The molecule has 0 fully saturated rings. The van der Waals surface area contributed by atoms with Crippen LogP contribution in [-0.4, -0.2) is 6.54 Å². The molecule has 0 saturated carbocycles. The average Bonchev–Trinajstić information content (AvgIpc) is 2.49. The zero-order valence-electron chi connectivity index (χ0n) is 12.2. The van der Waals surface area contributed by atoms with E-state index in [-0.39, 0.29) is 18.2 Å². The van der Waals surface area contributed by atoms with Crippen LogP contribution in [0.5, 0.6) is 5.75 Å². The van der Waals surface area contributed by atoms with Crippen LogP contribution in [0.3, 0.4) is 0 Å². The van der Waals surface area contributed by atoms with Gasteiger partial charge >= 0.3 is 0 Å². The van der Waals surface area contributed by atoms with Crippen molar-refractivity contribution in [2.24, 2.45) is 0 Å². The Morgan fingerprint density at radius 2 is 1.90 bits per heavy atom. The highest BCUT2D eigenvalue weighted by Crippen LogP contribution is 2.26. The maximum Gasteiger partial charge on any atom is 0.130 e. The summed E-state index contributed by atoms with van der Waals surface area (Å²) in [6.07, 6.45) is 0. The highest BCUT2D eigenvalue weighted by Gasteiger charge is 2.11. The van der Waals surface area contributed by atoms with Gasteiger partial charge in [0.1, 0.15) is 24.0 Å². The van der Waals surface area contributed by atoms with Crippen molar-refractivity contribution in [2.75, 3.05) is 6.54 Å². The molecule has 0 radical (unpaired) electrons. The summed E-state index contributed by atoms with van der Waals surface area (Å²) in [6.45, 7) is 4.91. The monoisotopic (exact) mass is 291 g/mol. The summed E-state index contributed by atoms with van der Waals surface area (Å²) in [6, 6.07) is 11.1. The second-order valence-electron chi connectivity index (χ2n) is 4.84. The molecule has 1 unspecified atom stereocenters. The summed E-state index contributed by atoms with van der Waals surface area (Å²) >= 11 is 0. The number of hydrogen-bond acceptors (Lipinski definition) is 2. The fourth-order valence-corrected chi connectivity index (χ4v) is 2.20. The summed E-state index contributed by atoms with van der Waals surface area (Å²) in [5.41, 5.74) is 1.21. The number of para-hydroxylation sites is 1. The first-order valence-corrected chi connectivity index (χ1v) is 7.01. The molecule has 0 saturated heterocycles. The molecule has 2 aromatic carbocycles. The zero-order chi connectivity index (χ0) is 15.2. The molecule has 0 aliphatic heterocycles. The van der Waals surface area contributed by atoms with E-state index >= 15 is 0 Å². The number of rotatable bonds is 6. The molecular formula is C17H19F2NO. The molecule has 0 aliphatic carbocycles. The van der Waals surface area contributed by atoms with Crippen LogP contribution >= 0.6 is 0 Å². The number of ether oxygens (including phenoxy) is 1. The van der Waals surface area contributed by atoms with Gasteiger partial charge in [0.25, 0.3) is 0 Å². The molecule has 0 aromatic heterocycles. The van der Waals surface area contributed by atoms with Gasteiger partial charge in [-0.1, -0.05) is 25.1 Å². The fraction of sp³-hybridized carbons (Fsp3) is 0.294. The Morgan fingerprint density at radius 1 is 1.14 bits per heavy atom. The molecule has 0 heterocycles. The maximum absolute atomic E-state index is 13.6. The van der Waals surface area contributed by atoms with Gasteiger partial charge in [-0.25, -0.2) is 8.78 Å². The normalized spacial score (nSPS) is 12.2. The summed E-state index contributed by atoms with van der Waals surface area (Å²) in [4.78, 5) is 0. The molecule has 4 heteroatoms. The third-order valence-corrected chi connectivity index (χ3v) is 3.29. The standard InChI is InChI=1S/C17H19F2NO/c1-3-20-12(2)15-6-4-5-7-17(15)21-11-13-10-14(18)8-9-16(13)19/h4-10,12,20H,3,11H2,1-2H3. The Morgan fingerprint density at radius 3 is 2.67 bits per heavy atom. The molecule has 112 valence electrons. The van der Waals surface area contributed by atoms with Crippen LogP contribution in [0.15, 0.2) is 42.5 Å². The topological polar surface area (TPSA) is 21.3 Å². The van der Waals surface area contributed by atoms with Gasteiger partial charge in [0, 0.05) is 17.2 Å².